The molecule has 1 amide bonds. The maximum atomic E-state index is 11.9. The van der Waals surface area contributed by atoms with Gasteiger partial charge < -0.3 is 15.7 Å². The highest BCUT2D eigenvalue weighted by Gasteiger charge is 2.25. The Bertz CT molecular complexity index is 460. The van der Waals surface area contributed by atoms with E-state index in [-0.39, 0.29) is 17.4 Å². The molecule has 0 unspecified atom stereocenters. The molecule has 20 heavy (non-hydrogen) atoms. The van der Waals surface area contributed by atoms with Gasteiger partial charge in [-0.1, -0.05) is 0 Å². The summed E-state index contributed by atoms with van der Waals surface area (Å²) >= 11 is 1.17. The molecule has 0 aromatic carbocycles. The van der Waals surface area contributed by atoms with E-state index in [0.29, 0.717) is 26.2 Å². The van der Waals surface area contributed by atoms with Crippen LogP contribution in [0, 0.1) is 0 Å². The molecule has 0 spiro atoms. The van der Waals surface area contributed by atoms with Crippen LogP contribution in [0.25, 0.3) is 0 Å². The molecule has 1 fully saturated rings. The third-order valence-electron chi connectivity index (χ3n) is 2.90. The van der Waals surface area contributed by atoms with Gasteiger partial charge in [0, 0.05) is 31.9 Å². The van der Waals surface area contributed by atoms with Crippen molar-refractivity contribution in [3.05, 3.63) is 0 Å². The number of carboxylic acids is 1. The fourth-order valence-electron chi connectivity index (χ4n) is 1.70. The van der Waals surface area contributed by atoms with Crippen molar-refractivity contribution < 1.29 is 23.1 Å². The van der Waals surface area contributed by atoms with Gasteiger partial charge in [-0.2, -0.15) is 4.31 Å². The van der Waals surface area contributed by atoms with Crippen molar-refractivity contribution >= 4 is 33.7 Å². The number of aliphatic carboxylic acids is 1. The van der Waals surface area contributed by atoms with Gasteiger partial charge in [0.15, 0.2) is 0 Å². The summed E-state index contributed by atoms with van der Waals surface area (Å²) in [6.45, 7) is 1.31. The number of carboxylic acid groups (broad SMARTS) is 1. The molecule has 0 bridgehead atoms. The average molecular weight is 325 g/mol. The first-order valence-electron chi connectivity index (χ1n) is 6.01. The Morgan fingerprint density at radius 1 is 1.30 bits per heavy atom. The van der Waals surface area contributed by atoms with Crippen LogP contribution in [0.5, 0.6) is 0 Å². The Hall–Kier alpha value is -0.840. The van der Waals surface area contributed by atoms with Crippen molar-refractivity contribution in [2.45, 2.75) is 6.04 Å². The van der Waals surface area contributed by atoms with Crippen LogP contribution in [-0.4, -0.2) is 84.6 Å². The highest BCUT2D eigenvalue weighted by Crippen LogP contribution is 2.09. The van der Waals surface area contributed by atoms with Gasteiger partial charge in [0.1, 0.15) is 6.04 Å². The van der Waals surface area contributed by atoms with Crippen LogP contribution in [0.1, 0.15) is 0 Å². The normalized spacial score (nSPS) is 18.8. The van der Waals surface area contributed by atoms with E-state index in [1.807, 2.05) is 0 Å². The van der Waals surface area contributed by atoms with Crippen molar-refractivity contribution in [3.63, 3.8) is 0 Å². The average Bonchev–Trinajstić information content (AvgIpc) is 2.37. The van der Waals surface area contributed by atoms with Crippen LogP contribution in [0.2, 0.25) is 0 Å². The molecule has 0 radical (unpaired) electrons. The van der Waals surface area contributed by atoms with Gasteiger partial charge in [-0.25, -0.2) is 8.42 Å². The zero-order valence-electron chi connectivity index (χ0n) is 11.2. The Morgan fingerprint density at radius 2 is 1.85 bits per heavy atom. The first kappa shape index (κ1) is 17.2. The van der Waals surface area contributed by atoms with Crippen molar-refractivity contribution in [3.8, 4) is 0 Å². The van der Waals surface area contributed by atoms with Gasteiger partial charge in [-0.15, -0.1) is 11.8 Å². The third kappa shape index (κ3) is 5.27. The molecule has 8 nitrogen and oxygen atoms in total. The predicted octanol–water partition coefficient (Wildman–Crippen LogP) is -1.76. The lowest BCUT2D eigenvalue weighted by atomic mass is 10.3. The molecule has 3 N–H and O–H groups in total. The molecule has 1 aliphatic rings. The lowest BCUT2D eigenvalue weighted by Gasteiger charge is -2.33. The van der Waals surface area contributed by atoms with Crippen LogP contribution in [-0.2, 0) is 19.6 Å². The summed E-state index contributed by atoms with van der Waals surface area (Å²) in [6.07, 6.45) is 1.15. The number of amides is 1. The molecule has 1 atom stereocenters. The molecular weight excluding hydrogens is 306 g/mol. The summed E-state index contributed by atoms with van der Waals surface area (Å²) in [7, 11) is -3.20. The van der Waals surface area contributed by atoms with Crippen LogP contribution in [0.4, 0.5) is 0 Å². The van der Waals surface area contributed by atoms with Gasteiger partial charge >= 0.3 is 5.97 Å². The minimum absolute atomic E-state index is 0.124. The highest BCUT2D eigenvalue weighted by atomic mass is 32.2. The topological polar surface area (TPSA) is 121 Å². The SMILES string of the molecule is CS(=O)(=O)N1CCN(C(=O)CSC[C@H](N)C(=O)O)CC1. The van der Waals surface area contributed by atoms with E-state index in [0.717, 1.165) is 6.26 Å². The molecule has 1 aliphatic heterocycles. The summed E-state index contributed by atoms with van der Waals surface area (Å²) < 4.78 is 24.0. The molecule has 1 heterocycles. The van der Waals surface area contributed by atoms with Crippen LogP contribution in [0.15, 0.2) is 0 Å². The summed E-state index contributed by atoms with van der Waals surface area (Å²) in [4.78, 5) is 23.9. The zero-order chi connectivity index (χ0) is 15.3. The quantitative estimate of drug-likeness (QED) is 0.593. The van der Waals surface area contributed by atoms with Crippen molar-refractivity contribution in [1.29, 1.82) is 0 Å². The number of carbonyl (C=O) groups excluding carboxylic acids is 1. The highest BCUT2D eigenvalue weighted by molar-refractivity contribution is 8.00. The smallest absolute Gasteiger partial charge is 0.321 e. The Balaban J connectivity index is 2.31. The van der Waals surface area contributed by atoms with E-state index >= 15 is 0 Å². The second-order valence-corrected chi connectivity index (χ2v) is 7.52. The second kappa shape index (κ2) is 7.25. The van der Waals surface area contributed by atoms with Gasteiger partial charge in [0.05, 0.1) is 12.0 Å². The molecule has 0 aliphatic carbocycles. The van der Waals surface area contributed by atoms with Crippen molar-refractivity contribution in [2.24, 2.45) is 5.73 Å². The maximum absolute atomic E-state index is 11.9. The lowest BCUT2D eigenvalue weighted by molar-refractivity contribution is -0.138. The number of nitrogens with zero attached hydrogens (tertiary/aromatic N) is 2. The standard InChI is InChI=1S/C10H19N3O5S2/c1-20(17,18)13-4-2-12(3-5-13)9(14)7-19-6-8(11)10(15)16/h8H,2-7,11H2,1H3,(H,15,16)/t8-/m0/s1. The Morgan fingerprint density at radius 3 is 2.30 bits per heavy atom. The largest absolute Gasteiger partial charge is 0.480 e. The summed E-state index contributed by atoms with van der Waals surface area (Å²) in [5.74, 6) is -0.892. The summed E-state index contributed by atoms with van der Waals surface area (Å²) in [5.41, 5.74) is 5.33. The molecule has 0 saturated carbocycles. The molecule has 10 heteroatoms. The number of hydrogen-bond acceptors (Lipinski definition) is 6. The van der Waals surface area contributed by atoms with E-state index in [9.17, 15) is 18.0 Å². The number of carbonyl (C=O) groups is 2. The van der Waals surface area contributed by atoms with Gasteiger partial charge in [0.25, 0.3) is 0 Å². The second-order valence-electron chi connectivity index (χ2n) is 4.50. The van der Waals surface area contributed by atoms with Gasteiger partial charge in [0.2, 0.25) is 15.9 Å². The number of sulfonamides is 1. The molecule has 1 rings (SSSR count). The third-order valence-corrected chi connectivity index (χ3v) is 5.25. The minimum atomic E-state index is -3.20. The lowest BCUT2D eigenvalue weighted by Crippen LogP contribution is -2.50. The number of thioether (sulfide) groups is 1. The van der Waals surface area contributed by atoms with E-state index in [2.05, 4.69) is 0 Å². The van der Waals surface area contributed by atoms with E-state index in [4.69, 9.17) is 10.8 Å². The number of nitrogens with two attached hydrogens (primary N) is 1. The van der Waals surface area contributed by atoms with Crippen LogP contribution in [0.3, 0.4) is 0 Å². The van der Waals surface area contributed by atoms with Crippen LogP contribution >= 0.6 is 11.8 Å². The monoisotopic (exact) mass is 325 g/mol. The van der Waals surface area contributed by atoms with Gasteiger partial charge in [-0.3, -0.25) is 9.59 Å². The maximum Gasteiger partial charge on any atom is 0.321 e. The summed E-state index contributed by atoms with van der Waals surface area (Å²) in [5, 5.41) is 8.61. The van der Waals surface area contributed by atoms with E-state index in [1.165, 1.54) is 16.1 Å². The summed E-state index contributed by atoms with van der Waals surface area (Å²) in [6, 6.07) is -0.977. The predicted molar refractivity (Wildman–Crippen MR) is 75.9 cm³/mol. The molecular formula is C10H19N3O5S2. The van der Waals surface area contributed by atoms with E-state index < -0.39 is 22.0 Å². The molecule has 1 saturated heterocycles. The molecule has 0 aromatic rings. The minimum Gasteiger partial charge on any atom is -0.480 e. The van der Waals surface area contributed by atoms with E-state index in [1.54, 1.807) is 4.90 Å². The number of piperazine rings is 1. The van der Waals surface area contributed by atoms with Gasteiger partial charge in [-0.05, 0) is 0 Å². The first-order valence-corrected chi connectivity index (χ1v) is 9.01. The first-order chi connectivity index (χ1) is 9.21. The Labute approximate surface area is 122 Å². The molecule has 0 aromatic heterocycles. The number of hydrogen-bond donors (Lipinski definition) is 2. The van der Waals surface area contributed by atoms with Crippen molar-refractivity contribution in [1.82, 2.24) is 9.21 Å². The zero-order valence-corrected chi connectivity index (χ0v) is 12.8. The fourth-order valence-corrected chi connectivity index (χ4v) is 3.40. The molecule has 116 valence electrons. The Kier molecular flexibility index (Phi) is 6.24. The van der Waals surface area contributed by atoms with Crippen molar-refractivity contribution in [2.75, 3.05) is 43.9 Å². The number of rotatable bonds is 6. The fraction of sp³-hybridized carbons (Fsp3) is 0.800. The van der Waals surface area contributed by atoms with Crippen LogP contribution < -0.4 is 5.73 Å².